The van der Waals surface area contributed by atoms with E-state index in [1.165, 1.54) is 12.8 Å². The summed E-state index contributed by atoms with van der Waals surface area (Å²) in [7, 11) is 0. The van der Waals surface area contributed by atoms with Gasteiger partial charge in [-0.3, -0.25) is 0 Å². The Kier molecular flexibility index (Phi) is 4.28. The molecule has 4 rings (SSSR count). The maximum Gasteiger partial charge on any atom is 0.246 e. The first-order chi connectivity index (χ1) is 12.2. The molecule has 1 fully saturated rings. The van der Waals surface area contributed by atoms with E-state index in [-0.39, 0.29) is 6.04 Å². The van der Waals surface area contributed by atoms with Crippen LogP contribution < -0.4 is 15.2 Å². The molecular weight excluding hydrogens is 318 g/mol. The van der Waals surface area contributed by atoms with Crippen LogP contribution in [0.3, 0.4) is 0 Å². The molecule has 1 aliphatic rings. The fourth-order valence-corrected chi connectivity index (χ4v) is 2.42. The van der Waals surface area contributed by atoms with Gasteiger partial charge in [0.15, 0.2) is 5.58 Å². The molecule has 2 N–H and O–H groups in total. The average molecular weight is 339 g/mol. The molecule has 0 bridgehead atoms. The van der Waals surface area contributed by atoms with Crippen LogP contribution in [-0.2, 0) is 0 Å². The van der Waals surface area contributed by atoms with Crippen LogP contribution >= 0.6 is 0 Å². The molecular formula is C19H21N3O3. The molecule has 1 saturated carbocycles. The molecule has 0 radical (unpaired) electrons. The monoisotopic (exact) mass is 339 g/mol. The van der Waals surface area contributed by atoms with E-state index in [0.717, 1.165) is 17.9 Å². The molecule has 6 nitrogen and oxygen atoms in total. The molecule has 130 valence electrons. The van der Waals surface area contributed by atoms with Gasteiger partial charge in [0.2, 0.25) is 5.89 Å². The number of nitrogens with two attached hydrogens (primary N) is 1. The van der Waals surface area contributed by atoms with Crippen LogP contribution in [0, 0.1) is 5.92 Å². The van der Waals surface area contributed by atoms with E-state index >= 15 is 0 Å². The zero-order chi connectivity index (χ0) is 17.2. The van der Waals surface area contributed by atoms with Crippen molar-refractivity contribution in [3.8, 4) is 23.1 Å². The summed E-state index contributed by atoms with van der Waals surface area (Å²) in [5.41, 5.74) is 7.82. The second kappa shape index (κ2) is 6.72. The largest absolute Gasteiger partial charge is 0.493 e. The first kappa shape index (κ1) is 15.9. The fourth-order valence-electron chi connectivity index (χ4n) is 2.42. The Balaban J connectivity index is 1.50. The highest BCUT2D eigenvalue weighted by Gasteiger charge is 2.22. The van der Waals surface area contributed by atoms with Gasteiger partial charge in [0.1, 0.15) is 29.3 Å². The molecule has 3 aromatic rings. The number of rotatable bonds is 7. The van der Waals surface area contributed by atoms with Gasteiger partial charge in [-0.1, -0.05) is 0 Å². The highest BCUT2D eigenvalue weighted by molar-refractivity contribution is 5.77. The van der Waals surface area contributed by atoms with Crippen LogP contribution in [0.4, 0.5) is 0 Å². The first-order valence-corrected chi connectivity index (χ1v) is 8.55. The molecule has 1 aromatic carbocycles. The Morgan fingerprint density at radius 1 is 1.20 bits per heavy atom. The SMILES string of the molecule is C[C@H](N)COc1ccc(-c2nc3ccc(OCC4CC4)cc3o2)nc1. The minimum atomic E-state index is -0.0203. The molecule has 0 aliphatic heterocycles. The van der Waals surface area contributed by atoms with E-state index in [4.69, 9.17) is 19.6 Å². The maximum absolute atomic E-state index is 5.84. The fraction of sp³-hybridized carbons (Fsp3) is 0.368. The Morgan fingerprint density at radius 2 is 2.04 bits per heavy atom. The van der Waals surface area contributed by atoms with Crippen molar-refractivity contribution in [2.75, 3.05) is 13.2 Å². The standard InChI is InChI=1S/C19H21N3O3/c1-12(20)10-23-15-5-7-17(21-9-15)19-22-16-6-4-14(8-18(16)25-19)24-11-13-2-3-13/h4-9,12-13H,2-3,10-11,20H2,1H3/t12-/m0/s1. The lowest BCUT2D eigenvalue weighted by atomic mass is 10.3. The van der Waals surface area contributed by atoms with E-state index in [2.05, 4.69) is 9.97 Å². The Hall–Kier alpha value is -2.60. The molecule has 1 aliphatic carbocycles. The maximum atomic E-state index is 5.84. The Labute approximate surface area is 146 Å². The number of hydrogen-bond acceptors (Lipinski definition) is 6. The van der Waals surface area contributed by atoms with Crippen molar-refractivity contribution in [2.45, 2.75) is 25.8 Å². The second-order valence-electron chi connectivity index (χ2n) is 6.57. The molecule has 25 heavy (non-hydrogen) atoms. The van der Waals surface area contributed by atoms with Crippen molar-refractivity contribution >= 4 is 11.1 Å². The Bertz CT molecular complexity index is 854. The number of oxazole rings is 1. The van der Waals surface area contributed by atoms with Crippen LogP contribution in [0.5, 0.6) is 11.5 Å². The molecule has 2 heterocycles. The molecule has 0 spiro atoms. The number of benzene rings is 1. The van der Waals surface area contributed by atoms with Crippen LogP contribution in [0.25, 0.3) is 22.7 Å². The van der Waals surface area contributed by atoms with E-state index in [1.807, 2.05) is 37.3 Å². The smallest absolute Gasteiger partial charge is 0.246 e. The second-order valence-corrected chi connectivity index (χ2v) is 6.57. The highest BCUT2D eigenvalue weighted by atomic mass is 16.5. The van der Waals surface area contributed by atoms with Gasteiger partial charge >= 0.3 is 0 Å². The summed E-state index contributed by atoms with van der Waals surface area (Å²) in [4.78, 5) is 8.85. The molecule has 0 unspecified atom stereocenters. The lowest BCUT2D eigenvalue weighted by molar-refractivity contribution is 0.295. The van der Waals surface area contributed by atoms with Gasteiger partial charge in [-0.15, -0.1) is 0 Å². The summed E-state index contributed by atoms with van der Waals surface area (Å²) in [6.07, 6.45) is 4.19. The molecule has 0 saturated heterocycles. The summed E-state index contributed by atoms with van der Waals surface area (Å²) in [5.74, 6) is 2.68. The number of nitrogens with zero attached hydrogens (tertiary/aromatic N) is 2. The van der Waals surface area contributed by atoms with Gasteiger partial charge in [0.05, 0.1) is 12.8 Å². The van der Waals surface area contributed by atoms with Crippen LogP contribution in [-0.4, -0.2) is 29.2 Å². The van der Waals surface area contributed by atoms with Gasteiger partial charge in [-0.2, -0.15) is 0 Å². The molecule has 0 amide bonds. The first-order valence-electron chi connectivity index (χ1n) is 8.55. The molecule has 1 atom stereocenters. The van der Waals surface area contributed by atoms with E-state index in [1.54, 1.807) is 6.20 Å². The summed E-state index contributed by atoms with van der Waals surface area (Å²) in [6.45, 7) is 3.12. The van der Waals surface area contributed by atoms with Crippen molar-refractivity contribution in [3.63, 3.8) is 0 Å². The van der Waals surface area contributed by atoms with Gasteiger partial charge < -0.3 is 19.6 Å². The third-order valence-electron chi connectivity index (χ3n) is 4.01. The summed E-state index contributed by atoms with van der Waals surface area (Å²) in [6, 6.07) is 9.36. The topological polar surface area (TPSA) is 83.4 Å². The normalized spacial score (nSPS) is 15.3. The highest BCUT2D eigenvalue weighted by Crippen LogP contribution is 2.31. The predicted octanol–water partition coefficient (Wildman–Crippen LogP) is 3.40. The molecule has 6 heteroatoms. The van der Waals surface area contributed by atoms with Crippen molar-refractivity contribution < 1.29 is 13.9 Å². The number of ether oxygens (including phenoxy) is 2. The van der Waals surface area contributed by atoms with E-state index in [0.29, 0.717) is 35.4 Å². The van der Waals surface area contributed by atoms with Gasteiger partial charge in [-0.25, -0.2) is 9.97 Å². The third kappa shape index (κ3) is 3.91. The summed E-state index contributed by atoms with van der Waals surface area (Å²) in [5, 5.41) is 0. The van der Waals surface area contributed by atoms with E-state index in [9.17, 15) is 0 Å². The third-order valence-corrected chi connectivity index (χ3v) is 4.01. The minimum absolute atomic E-state index is 0.0203. The number of aromatic nitrogens is 2. The number of hydrogen-bond donors (Lipinski definition) is 1. The predicted molar refractivity (Wildman–Crippen MR) is 94.6 cm³/mol. The van der Waals surface area contributed by atoms with Crippen LogP contribution in [0.1, 0.15) is 19.8 Å². The Morgan fingerprint density at radius 3 is 2.76 bits per heavy atom. The van der Waals surface area contributed by atoms with Gasteiger partial charge in [0.25, 0.3) is 0 Å². The lowest BCUT2D eigenvalue weighted by Gasteiger charge is -2.07. The zero-order valence-electron chi connectivity index (χ0n) is 14.1. The van der Waals surface area contributed by atoms with Crippen molar-refractivity contribution in [2.24, 2.45) is 11.7 Å². The summed E-state index contributed by atoms with van der Waals surface area (Å²) < 4.78 is 17.2. The van der Waals surface area contributed by atoms with Gasteiger partial charge in [-0.05, 0) is 49.9 Å². The van der Waals surface area contributed by atoms with Crippen LogP contribution in [0.15, 0.2) is 40.9 Å². The lowest BCUT2D eigenvalue weighted by Crippen LogP contribution is -2.23. The van der Waals surface area contributed by atoms with Crippen LogP contribution in [0.2, 0.25) is 0 Å². The summed E-state index contributed by atoms with van der Waals surface area (Å²) >= 11 is 0. The van der Waals surface area contributed by atoms with Gasteiger partial charge in [0, 0.05) is 12.1 Å². The minimum Gasteiger partial charge on any atom is -0.493 e. The number of fused-ring (bicyclic) bond motifs is 1. The average Bonchev–Trinajstić information content (AvgIpc) is 3.35. The van der Waals surface area contributed by atoms with E-state index < -0.39 is 0 Å². The molecule has 2 aromatic heterocycles. The zero-order valence-corrected chi connectivity index (χ0v) is 14.1. The quantitative estimate of drug-likeness (QED) is 0.710. The van der Waals surface area contributed by atoms with Crippen molar-refractivity contribution in [3.05, 3.63) is 36.5 Å². The van der Waals surface area contributed by atoms with Crippen molar-refractivity contribution in [1.82, 2.24) is 9.97 Å². The van der Waals surface area contributed by atoms with Crippen molar-refractivity contribution in [1.29, 1.82) is 0 Å². The number of pyridine rings is 1.